The number of hydrogen-bond donors (Lipinski definition) is 0. The zero-order valence-corrected chi connectivity index (χ0v) is 18.6. The van der Waals surface area contributed by atoms with Gasteiger partial charge in [-0.3, -0.25) is 0 Å². The lowest BCUT2D eigenvalue weighted by Crippen LogP contribution is -2.33. The fourth-order valence-electron chi connectivity index (χ4n) is 3.77. The van der Waals surface area contributed by atoms with Crippen LogP contribution in [0.25, 0.3) is 0 Å². The van der Waals surface area contributed by atoms with E-state index in [9.17, 15) is 0 Å². The van der Waals surface area contributed by atoms with Gasteiger partial charge in [-0.2, -0.15) is 5.10 Å². The highest BCUT2D eigenvalue weighted by Crippen LogP contribution is 2.50. The van der Waals surface area contributed by atoms with Crippen molar-refractivity contribution in [1.82, 2.24) is 5.01 Å². The minimum Gasteiger partial charge on any atom is -0.463 e. The molecule has 0 bridgehead atoms. The van der Waals surface area contributed by atoms with Crippen molar-refractivity contribution in [3.63, 3.8) is 0 Å². The summed E-state index contributed by atoms with van der Waals surface area (Å²) in [6, 6.07) is 22.3. The Kier molecular flexibility index (Phi) is 4.69. The number of ether oxygens (including phenoxy) is 1. The van der Waals surface area contributed by atoms with Gasteiger partial charge in [0.15, 0.2) is 0 Å². The van der Waals surface area contributed by atoms with E-state index in [0.717, 1.165) is 43.5 Å². The van der Waals surface area contributed by atoms with Gasteiger partial charge in [-0.1, -0.05) is 70.0 Å². The van der Waals surface area contributed by atoms with Gasteiger partial charge in [0.1, 0.15) is 5.75 Å². The van der Waals surface area contributed by atoms with E-state index in [2.05, 4.69) is 55.1 Å². The van der Waals surface area contributed by atoms with Crippen LogP contribution in [-0.2, 0) is 0 Å². The number of nitrogens with zero attached hydrogens (tertiary/aromatic N) is 2. The molecule has 0 unspecified atom stereocenters. The lowest BCUT2D eigenvalue weighted by atomic mass is 9.96. The van der Waals surface area contributed by atoms with Crippen molar-refractivity contribution in [2.45, 2.75) is 18.7 Å². The maximum Gasteiger partial charge on any atom is 0.213 e. The summed E-state index contributed by atoms with van der Waals surface area (Å²) in [5.74, 6) is 0.869. The third-order valence-electron chi connectivity index (χ3n) is 5.07. The van der Waals surface area contributed by atoms with Gasteiger partial charge in [0.2, 0.25) is 6.23 Å². The van der Waals surface area contributed by atoms with Gasteiger partial charge < -0.3 is 4.74 Å². The van der Waals surface area contributed by atoms with Crippen LogP contribution >= 0.6 is 43.5 Å². The Morgan fingerprint density at radius 3 is 2.50 bits per heavy atom. The standard InChI is InChI=1S/C22H15Br2ClN2O/c23-15-10-17-20-12-19(13-4-2-1-3-5-13)26-27(20)22(28-21(17)18(24)11-15)14-6-8-16(25)9-7-14/h1-11,20,22H,12H2/t20-,22-/m0/s1. The summed E-state index contributed by atoms with van der Waals surface area (Å²) in [4.78, 5) is 0. The molecule has 0 fully saturated rings. The highest BCUT2D eigenvalue weighted by molar-refractivity contribution is 9.11. The van der Waals surface area contributed by atoms with Crippen molar-refractivity contribution in [2.24, 2.45) is 5.10 Å². The van der Waals surface area contributed by atoms with Crippen LogP contribution in [0.4, 0.5) is 0 Å². The molecule has 2 aliphatic rings. The van der Waals surface area contributed by atoms with E-state index >= 15 is 0 Å². The number of rotatable bonds is 2. The summed E-state index contributed by atoms with van der Waals surface area (Å²) in [5, 5.41) is 7.76. The van der Waals surface area contributed by atoms with Crippen LogP contribution in [0, 0.1) is 0 Å². The zero-order chi connectivity index (χ0) is 19.3. The lowest BCUT2D eigenvalue weighted by Gasteiger charge is -2.38. The minimum absolute atomic E-state index is 0.105. The molecule has 0 N–H and O–H groups in total. The molecule has 0 amide bonds. The second-order valence-corrected chi connectivity index (χ2v) is 9.05. The SMILES string of the molecule is Clc1ccc([C@@H]2Oc3c(Br)cc(Br)cc3[C@@H]3CC(c4ccccc4)=NN32)cc1. The van der Waals surface area contributed by atoms with Gasteiger partial charge in [0, 0.05) is 27.0 Å². The molecule has 0 radical (unpaired) electrons. The molecule has 0 aliphatic carbocycles. The molecule has 3 nitrogen and oxygen atoms in total. The molecule has 3 aromatic rings. The number of hydrazone groups is 1. The normalized spacial score (nSPS) is 20.2. The highest BCUT2D eigenvalue weighted by atomic mass is 79.9. The smallest absolute Gasteiger partial charge is 0.213 e. The molecule has 2 heterocycles. The highest BCUT2D eigenvalue weighted by Gasteiger charge is 2.41. The molecule has 28 heavy (non-hydrogen) atoms. The summed E-state index contributed by atoms with van der Waals surface area (Å²) < 4.78 is 8.40. The van der Waals surface area contributed by atoms with Crippen LogP contribution in [0.5, 0.6) is 5.75 Å². The van der Waals surface area contributed by atoms with E-state index in [4.69, 9.17) is 21.4 Å². The molecule has 0 aromatic heterocycles. The van der Waals surface area contributed by atoms with Crippen LogP contribution in [0.1, 0.15) is 35.4 Å². The summed E-state index contributed by atoms with van der Waals surface area (Å²) in [6.07, 6.45) is 0.515. The van der Waals surface area contributed by atoms with Gasteiger partial charge in [-0.25, -0.2) is 5.01 Å². The van der Waals surface area contributed by atoms with E-state index in [1.165, 1.54) is 0 Å². The summed E-state index contributed by atoms with van der Waals surface area (Å²) in [5.41, 5.74) is 4.36. The van der Waals surface area contributed by atoms with E-state index in [1.54, 1.807) is 0 Å². The van der Waals surface area contributed by atoms with Gasteiger partial charge in [-0.05, 0) is 45.8 Å². The third-order valence-corrected chi connectivity index (χ3v) is 6.37. The lowest BCUT2D eigenvalue weighted by molar-refractivity contribution is -0.0197. The van der Waals surface area contributed by atoms with Gasteiger partial charge in [0.25, 0.3) is 0 Å². The molecule has 140 valence electrons. The van der Waals surface area contributed by atoms with E-state index < -0.39 is 0 Å². The first-order valence-electron chi connectivity index (χ1n) is 8.92. The number of halogens is 3. The Morgan fingerprint density at radius 2 is 1.75 bits per heavy atom. The third kappa shape index (κ3) is 3.15. The first kappa shape index (κ1) is 18.2. The van der Waals surface area contributed by atoms with Crippen molar-refractivity contribution >= 4 is 49.2 Å². The fraction of sp³-hybridized carbons (Fsp3) is 0.136. The maximum absolute atomic E-state index is 6.45. The molecular weight excluding hydrogens is 504 g/mol. The number of benzene rings is 3. The number of hydrogen-bond acceptors (Lipinski definition) is 3. The predicted octanol–water partition coefficient (Wildman–Crippen LogP) is 7.11. The minimum atomic E-state index is -0.312. The predicted molar refractivity (Wildman–Crippen MR) is 119 cm³/mol. The molecule has 5 rings (SSSR count). The second kappa shape index (κ2) is 7.21. The van der Waals surface area contributed by atoms with E-state index in [0.29, 0.717) is 5.02 Å². The molecule has 6 heteroatoms. The molecule has 0 saturated carbocycles. The Bertz CT molecular complexity index is 1070. The molecule has 0 spiro atoms. The van der Waals surface area contributed by atoms with Crippen LogP contribution in [0.2, 0.25) is 5.02 Å². The van der Waals surface area contributed by atoms with Crippen molar-refractivity contribution in [1.29, 1.82) is 0 Å². The molecule has 2 atom stereocenters. The number of fused-ring (bicyclic) bond motifs is 3. The largest absolute Gasteiger partial charge is 0.463 e. The van der Waals surface area contributed by atoms with Gasteiger partial charge in [0.05, 0.1) is 16.2 Å². The fourth-order valence-corrected chi connectivity index (χ4v) is 5.24. The van der Waals surface area contributed by atoms with Crippen molar-refractivity contribution in [2.75, 3.05) is 0 Å². The average molecular weight is 519 g/mol. The molecule has 2 aliphatic heterocycles. The molecular formula is C22H15Br2ClN2O. The van der Waals surface area contributed by atoms with E-state index in [-0.39, 0.29) is 12.3 Å². The topological polar surface area (TPSA) is 24.8 Å². The zero-order valence-electron chi connectivity index (χ0n) is 14.6. The van der Waals surface area contributed by atoms with Crippen LogP contribution in [0.3, 0.4) is 0 Å². The van der Waals surface area contributed by atoms with Crippen LogP contribution < -0.4 is 4.74 Å². The Hall–Kier alpha value is -1.82. The summed E-state index contributed by atoms with van der Waals surface area (Å²) >= 11 is 13.4. The van der Waals surface area contributed by atoms with Crippen LogP contribution in [-0.4, -0.2) is 10.7 Å². The first-order valence-corrected chi connectivity index (χ1v) is 10.9. The molecule has 0 saturated heterocycles. The van der Waals surface area contributed by atoms with Crippen molar-refractivity contribution in [3.8, 4) is 5.75 Å². The Morgan fingerprint density at radius 1 is 1.00 bits per heavy atom. The second-order valence-electron chi connectivity index (χ2n) is 6.84. The monoisotopic (exact) mass is 516 g/mol. The summed E-state index contributed by atoms with van der Waals surface area (Å²) in [6.45, 7) is 0. The molecule has 3 aromatic carbocycles. The van der Waals surface area contributed by atoms with Crippen LogP contribution in [0.15, 0.2) is 80.8 Å². The Labute approximate surface area is 185 Å². The van der Waals surface area contributed by atoms with Gasteiger partial charge in [-0.15, -0.1) is 0 Å². The quantitative estimate of drug-likeness (QED) is 0.361. The summed E-state index contributed by atoms with van der Waals surface area (Å²) in [7, 11) is 0. The first-order chi connectivity index (χ1) is 13.6. The van der Waals surface area contributed by atoms with E-state index in [1.807, 2.05) is 48.5 Å². The van der Waals surface area contributed by atoms with Crippen molar-refractivity contribution in [3.05, 3.63) is 97.4 Å². The van der Waals surface area contributed by atoms with Crippen molar-refractivity contribution < 1.29 is 4.74 Å². The van der Waals surface area contributed by atoms with Gasteiger partial charge >= 0.3 is 0 Å². The average Bonchev–Trinajstić information content (AvgIpc) is 3.15. The maximum atomic E-state index is 6.45. The Balaban J connectivity index is 1.63.